The Kier molecular flexibility index (Phi) is 3.01. The molecule has 2 heterocycles. The summed E-state index contributed by atoms with van der Waals surface area (Å²) in [7, 11) is 0. The number of benzene rings is 1. The maximum atomic E-state index is 12.7. The highest BCUT2D eigenvalue weighted by molar-refractivity contribution is 5.64. The van der Waals surface area contributed by atoms with Crippen LogP contribution in [0.4, 0.5) is 23.7 Å². The molecule has 0 bridgehead atoms. The molecule has 0 aliphatic carbocycles. The van der Waals surface area contributed by atoms with Crippen LogP contribution in [0.5, 0.6) is 0 Å². The Balaban J connectivity index is 1.96. The largest absolute Gasteiger partial charge is 0.530 e. The number of nitrogens with two attached hydrogens (primary N) is 1. The molecule has 9 heteroatoms. The molecule has 1 aromatic carbocycles. The molecular formula is C13H10F3N4O2-. The van der Waals surface area contributed by atoms with Gasteiger partial charge in [0.15, 0.2) is 5.69 Å². The number of nitrogen functional groups attached to an aromatic ring is 1. The van der Waals surface area contributed by atoms with Gasteiger partial charge in [-0.1, -0.05) is 6.07 Å². The third-order valence-electron chi connectivity index (χ3n) is 3.45. The summed E-state index contributed by atoms with van der Waals surface area (Å²) in [6, 6.07) is 4.80. The van der Waals surface area contributed by atoms with E-state index in [1.807, 2.05) is 0 Å². The predicted molar refractivity (Wildman–Crippen MR) is 67.6 cm³/mol. The topological polar surface area (TPSA) is 87.2 Å². The van der Waals surface area contributed by atoms with Crippen LogP contribution in [0.15, 0.2) is 24.4 Å². The Morgan fingerprint density at radius 1 is 1.27 bits per heavy atom. The van der Waals surface area contributed by atoms with Gasteiger partial charge in [0.1, 0.15) is 6.09 Å². The van der Waals surface area contributed by atoms with Gasteiger partial charge in [0.05, 0.1) is 17.6 Å². The van der Waals surface area contributed by atoms with Gasteiger partial charge in [-0.25, -0.2) is 4.68 Å². The molecule has 0 spiro atoms. The first-order valence-corrected chi connectivity index (χ1v) is 6.26. The normalized spacial score (nSPS) is 14.2. The standard InChI is InChI=1S/C13H11F3N4O2/c14-13(15,16)11-10(17)6-20(18-11)9-2-1-7-4-19(12(21)22)5-8(7)3-9/h1-3,6H,4-5,17H2,(H,21,22)/p-1. The Labute approximate surface area is 122 Å². The molecule has 0 fully saturated rings. The number of halogens is 3. The molecule has 2 aromatic rings. The fourth-order valence-electron chi connectivity index (χ4n) is 2.39. The average Bonchev–Trinajstić information content (AvgIpc) is 3.00. The summed E-state index contributed by atoms with van der Waals surface area (Å²) in [5.74, 6) is 0. The number of hydrogen-bond donors (Lipinski definition) is 1. The fourth-order valence-corrected chi connectivity index (χ4v) is 2.39. The second kappa shape index (κ2) is 4.65. The van der Waals surface area contributed by atoms with E-state index in [0.29, 0.717) is 11.3 Å². The molecule has 6 nitrogen and oxygen atoms in total. The van der Waals surface area contributed by atoms with Crippen LogP contribution >= 0.6 is 0 Å². The van der Waals surface area contributed by atoms with E-state index in [1.54, 1.807) is 18.2 Å². The van der Waals surface area contributed by atoms with Gasteiger partial charge >= 0.3 is 6.18 Å². The Morgan fingerprint density at radius 3 is 2.55 bits per heavy atom. The fraction of sp³-hybridized carbons (Fsp3) is 0.231. The van der Waals surface area contributed by atoms with Crippen molar-refractivity contribution in [3.8, 4) is 5.69 Å². The van der Waals surface area contributed by atoms with Crippen LogP contribution in [0, 0.1) is 0 Å². The maximum absolute atomic E-state index is 12.7. The summed E-state index contributed by atoms with van der Waals surface area (Å²) in [6.45, 7) is 0.335. The lowest BCUT2D eigenvalue weighted by Crippen LogP contribution is -2.37. The minimum Gasteiger partial charge on any atom is -0.530 e. The van der Waals surface area contributed by atoms with Crippen molar-refractivity contribution in [3.05, 3.63) is 41.2 Å². The van der Waals surface area contributed by atoms with E-state index in [4.69, 9.17) is 5.73 Å². The van der Waals surface area contributed by atoms with Gasteiger partial charge in [-0.2, -0.15) is 18.3 Å². The maximum Gasteiger partial charge on any atom is 0.437 e. The molecule has 0 saturated carbocycles. The summed E-state index contributed by atoms with van der Waals surface area (Å²) in [4.78, 5) is 11.9. The summed E-state index contributed by atoms with van der Waals surface area (Å²) >= 11 is 0. The molecule has 1 amide bonds. The zero-order valence-corrected chi connectivity index (χ0v) is 11.1. The number of rotatable bonds is 1. The van der Waals surface area contributed by atoms with Crippen molar-refractivity contribution in [1.29, 1.82) is 0 Å². The molecule has 0 radical (unpaired) electrons. The third kappa shape index (κ3) is 2.34. The molecule has 116 valence electrons. The summed E-state index contributed by atoms with van der Waals surface area (Å²) in [6.07, 6.45) is -4.84. The van der Waals surface area contributed by atoms with Gasteiger partial charge in [-0.05, 0) is 23.3 Å². The van der Waals surface area contributed by atoms with Crippen molar-refractivity contribution >= 4 is 11.8 Å². The first-order valence-electron chi connectivity index (χ1n) is 6.26. The highest BCUT2D eigenvalue weighted by Crippen LogP contribution is 2.33. The highest BCUT2D eigenvalue weighted by Gasteiger charge is 2.36. The van der Waals surface area contributed by atoms with Gasteiger partial charge in [0.25, 0.3) is 0 Å². The molecule has 2 N–H and O–H groups in total. The van der Waals surface area contributed by atoms with Gasteiger partial charge in [0.2, 0.25) is 0 Å². The number of anilines is 1. The number of amides is 1. The molecule has 1 aromatic heterocycles. The lowest BCUT2D eigenvalue weighted by atomic mass is 10.1. The zero-order chi connectivity index (χ0) is 16.1. The van der Waals surface area contributed by atoms with Gasteiger partial charge < -0.3 is 20.5 Å². The van der Waals surface area contributed by atoms with Crippen molar-refractivity contribution in [2.75, 3.05) is 5.73 Å². The smallest absolute Gasteiger partial charge is 0.437 e. The lowest BCUT2D eigenvalue weighted by Gasteiger charge is -2.17. The molecule has 0 atom stereocenters. The average molecular weight is 311 g/mol. The van der Waals surface area contributed by atoms with Crippen molar-refractivity contribution in [2.24, 2.45) is 0 Å². The predicted octanol–water partition coefficient (Wildman–Crippen LogP) is 1.13. The van der Waals surface area contributed by atoms with E-state index < -0.39 is 23.7 Å². The number of carbonyl (C=O) groups is 1. The lowest BCUT2D eigenvalue weighted by molar-refractivity contribution is -0.266. The van der Waals surface area contributed by atoms with E-state index in [1.165, 1.54) is 0 Å². The second-order valence-electron chi connectivity index (χ2n) is 4.95. The van der Waals surface area contributed by atoms with Crippen LogP contribution < -0.4 is 10.8 Å². The molecular weight excluding hydrogens is 301 g/mol. The number of nitrogens with zero attached hydrogens (tertiary/aromatic N) is 3. The minimum atomic E-state index is -4.63. The van der Waals surface area contributed by atoms with Crippen LogP contribution in [0.25, 0.3) is 5.69 Å². The molecule has 3 rings (SSSR count). The third-order valence-corrected chi connectivity index (χ3v) is 3.45. The molecule has 1 aliphatic rings. The van der Waals surface area contributed by atoms with E-state index in [9.17, 15) is 23.1 Å². The Morgan fingerprint density at radius 2 is 1.95 bits per heavy atom. The molecule has 22 heavy (non-hydrogen) atoms. The summed E-state index contributed by atoms with van der Waals surface area (Å²) < 4.78 is 39.1. The van der Waals surface area contributed by atoms with E-state index in [-0.39, 0.29) is 13.1 Å². The number of hydrogen-bond acceptors (Lipinski definition) is 4. The van der Waals surface area contributed by atoms with E-state index in [0.717, 1.165) is 21.3 Å². The van der Waals surface area contributed by atoms with Gasteiger partial charge in [0, 0.05) is 13.1 Å². The first kappa shape index (κ1) is 14.2. The van der Waals surface area contributed by atoms with Crippen molar-refractivity contribution in [3.63, 3.8) is 0 Å². The number of alkyl halides is 3. The molecule has 0 saturated heterocycles. The van der Waals surface area contributed by atoms with Crippen molar-refractivity contribution in [1.82, 2.24) is 14.7 Å². The van der Waals surface area contributed by atoms with E-state index in [2.05, 4.69) is 5.10 Å². The molecule has 0 unspecified atom stereocenters. The van der Waals surface area contributed by atoms with Crippen LogP contribution in [0.3, 0.4) is 0 Å². The molecule has 1 aliphatic heterocycles. The SMILES string of the molecule is Nc1cn(-c2ccc3c(c2)CN(C(=O)[O-])C3)nc1C(F)(F)F. The minimum absolute atomic E-state index is 0.133. The van der Waals surface area contributed by atoms with Crippen LogP contribution in [0.2, 0.25) is 0 Å². The number of carbonyl (C=O) groups excluding carboxylic acids is 1. The Hall–Kier alpha value is -2.71. The highest BCUT2D eigenvalue weighted by atomic mass is 19.4. The first-order chi connectivity index (χ1) is 10.3. The van der Waals surface area contributed by atoms with Gasteiger partial charge in [-0.15, -0.1) is 0 Å². The summed E-state index contributed by atoms with van der Waals surface area (Å²) in [5.41, 5.74) is 5.58. The second-order valence-corrected chi connectivity index (χ2v) is 4.95. The zero-order valence-electron chi connectivity index (χ0n) is 11.1. The van der Waals surface area contributed by atoms with Crippen LogP contribution in [0.1, 0.15) is 16.8 Å². The van der Waals surface area contributed by atoms with Gasteiger partial charge in [-0.3, -0.25) is 0 Å². The number of fused-ring (bicyclic) bond motifs is 1. The quantitative estimate of drug-likeness (QED) is 0.855. The summed E-state index contributed by atoms with van der Waals surface area (Å²) in [5, 5.41) is 14.3. The van der Waals surface area contributed by atoms with Crippen LogP contribution in [-0.4, -0.2) is 20.8 Å². The van der Waals surface area contributed by atoms with Crippen LogP contribution in [-0.2, 0) is 19.3 Å². The number of carboxylic acid groups (broad SMARTS) is 1. The number of aromatic nitrogens is 2. The Bertz CT molecular complexity index is 754. The van der Waals surface area contributed by atoms with Crippen molar-refractivity contribution < 1.29 is 23.1 Å². The van der Waals surface area contributed by atoms with E-state index >= 15 is 0 Å². The monoisotopic (exact) mass is 311 g/mol. The van der Waals surface area contributed by atoms with Crippen molar-refractivity contribution in [2.45, 2.75) is 19.3 Å².